The Hall–Kier alpha value is -0.930. The first-order valence-corrected chi connectivity index (χ1v) is 7.45. The second-order valence-electron chi connectivity index (χ2n) is 5.39. The van der Waals surface area contributed by atoms with Gasteiger partial charge in [-0.2, -0.15) is 8.78 Å². The van der Waals surface area contributed by atoms with Crippen LogP contribution >= 0.6 is 24.0 Å². The normalized spacial score (nSPS) is 19.2. The SMILES string of the molecule is CCNC(=NCc1nccn1C(F)F)N1CCCC(C)C1.I. The Bertz CT molecular complexity index is 478. The molecule has 1 N–H and O–H groups in total. The summed E-state index contributed by atoms with van der Waals surface area (Å²) < 4.78 is 26.4. The first-order chi connectivity index (χ1) is 10.1. The van der Waals surface area contributed by atoms with Crippen LogP contribution in [0.2, 0.25) is 0 Å². The number of guanidine groups is 1. The minimum atomic E-state index is -2.57. The fraction of sp³-hybridized carbons (Fsp3) is 0.714. The van der Waals surface area contributed by atoms with Gasteiger partial charge in [-0.1, -0.05) is 6.92 Å². The Morgan fingerprint density at radius 2 is 2.32 bits per heavy atom. The maximum Gasteiger partial charge on any atom is 0.319 e. The lowest BCUT2D eigenvalue weighted by Gasteiger charge is -2.33. The lowest BCUT2D eigenvalue weighted by atomic mass is 10.0. The minimum Gasteiger partial charge on any atom is -0.357 e. The van der Waals surface area contributed by atoms with Crippen molar-refractivity contribution in [1.29, 1.82) is 0 Å². The number of piperidine rings is 1. The summed E-state index contributed by atoms with van der Waals surface area (Å²) in [5.74, 6) is 1.70. The van der Waals surface area contributed by atoms with Gasteiger partial charge >= 0.3 is 6.55 Å². The zero-order chi connectivity index (χ0) is 15.2. The van der Waals surface area contributed by atoms with E-state index in [0.717, 1.165) is 36.6 Å². The van der Waals surface area contributed by atoms with E-state index in [0.29, 0.717) is 5.92 Å². The molecule has 0 spiro atoms. The fourth-order valence-corrected chi connectivity index (χ4v) is 2.60. The molecular weight excluding hydrogens is 403 g/mol. The third kappa shape index (κ3) is 5.06. The van der Waals surface area contributed by atoms with Gasteiger partial charge in [-0.15, -0.1) is 24.0 Å². The number of aliphatic imine (C=N–C) groups is 1. The molecule has 1 saturated heterocycles. The van der Waals surface area contributed by atoms with E-state index in [2.05, 4.69) is 27.1 Å². The van der Waals surface area contributed by atoms with Crippen LogP contribution in [-0.4, -0.2) is 40.0 Å². The minimum absolute atomic E-state index is 0. The number of aromatic nitrogens is 2. The number of halogens is 3. The molecular formula is C14H24F2IN5. The van der Waals surface area contributed by atoms with Gasteiger partial charge in [0.15, 0.2) is 5.96 Å². The van der Waals surface area contributed by atoms with Crippen molar-refractivity contribution < 1.29 is 8.78 Å². The summed E-state index contributed by atoms with van der Waals surface area (Å²) in [5, 5.41) is 3.24. The highest BCUT2D eigenvalue weighted by Gasteiger charge is 2.19. The molecule has 1 unspecified atom stereocenters. The van der Waals surface area contributed by atoms with E-state index in [-0.39, 0.29) is 36.3 Å². The van der Waals surface area contributed by atoms with Gasteiger partial charge in [-0.3, -0.25) is 4.57 Å². The predicted molar refractivity (Wildman–Crippen MR) is 93.7 cm³/mol. The van der Waals surface area contributed by atoms with Crippen molar-refractivity contribution in [2.45, 2.75) is 39.8 Å². The van der Waals surface area contributed by atoms with Crippen molar-refractivity contribution in [2.24, 2.45) is 10.9 Å². The quantitative estimate of drug-likeness (QED) is 0.457. The molecule has 1 fully saturated rings. The number of rotatable bonds is 4. The molecule has 1 aliphatic rings. The first kappa shape index (κ1) is 19.1. The zero-order valence-corrected chi connectivity index (χ0v) is 15.3. The van der Waals surface area contributed by atoms with Crippen molar-refractivity contribution >= 4 is 29.9 Å². The Morgan fingerprint density at radius 1 is 1.55 bits per heavy atom. The number of nitrogens with one attached hydrogen (secondary N) is 1. The van der Waals surface area contributed by atoms with Crippen LogP contribution in [0, 0.1) is 5.92 Å². The van der Waals surface area contributed by atoms with E-state index >= 15 is 0 Å². The Morgan fingerprint density at radius 3 is 2.95 bits per heavy atom. The third-order valence-corrected chi connectivity index (χ3v) is 3.62. The van der Waals surface area contributed by atoms with Crippen LogP contribution in [0.25, 0.3) is 0 Å². The predicted octanol–water partition coefficient (Wildman–Crippen LogP) is 3.09. The molecule has 0 saturated carbocycles. The van der Waals surface area contributed by atoms with Crippen molar-refractivity contribution in [3.05, 3.63) is 18.2 Å². The maximum absolute atomic E-state index is 12.8. The van der Waals surface area contributed by atoms with Gasteiger partial charge in [-0.25, -0.2) is 9.98 Å². The van der Waals surface area contributed by atoms with Gasteiger partial charge in [0.2, 0.25) is 0 Å². The van der Waals surface area contributed by atoms with Gasteiger partial charge in [0.1, 0.15) is 12.4 Å². The Balaban J connectivity index is 0.00000242. The van der Waals surface area contributed by atoms with Crippen molar-refractivity contribution in [2.75, 3.05) is 19.6 Å². The highest BCUT2D eigenvalue weighted by molar-refractivity contribution is 14.0. The monoisotopic (exact) mass is 427 g/mol. The van der Waals surface area contributed by atoms with Crippen molar-refractivity contribution in [3.8, 4) is 0 Å². The topological polar surface area (TPSA) is 45.5 Å². The lowest BCUT2D eigenvalue weighted by Crippen LogP contribution is -2.46. The number of imidazole rings is 1. The molecule has 22 heavy (non-hydrogen) atoms. The molecule has 0 amide bonds. The molecule has 126 valence electrons. The van der Waals surface area contributed by atoms with Crippen LogP contribution in [0.5, 0.6) is 0 Å². The molecule has 1 aliphatic heterocycles. The molecule has 0 radical (unpaired) electrons. The molecule has 8 heteroatoms. The highest BCUT2D eigenvalue weighted by Crippen LogP contribution is 2.16. The zero-order valence-electron chi connectivity index (χ0n) is 13.0. The maximum atomic E-state index is 12.8. The van der Waals surface area contributed by atoms with Crippen molar-refractivity contribution in [1.82, 2.24) is 19.8 Å². The average Bonchev–Trinajstić information content (AvgIpc) is 2.92. The van der Waals surface area contributed by atoms with Crippen LogP contribution in [0.4, 0.5) is 8.78 Å². The number of hydrogen-bond acceptors (Lipinski definition) is 2. The Kier molecular flexibility index (Phi) is 8.05. The average molecular weight is 427 g/mol. The van der Waals surface area contributed by atoms with Crippen LogP contribution in [-0.2, 0) is 6.54 Å². The summed E-state index contributed by atoms with van der Waals surface area (Å²) >= 11 is 0. The molecule has 5 nitrogen and oxygen atoms in total. The fourth-order valence-electron chi connectivity index (χ4n) is 2.60. The molecule has 0 aliphatic carbocycles. The van der Waals surface area contributed by atoms with E-state index < -0.39 is 6.55 Å². The molecule has 0 bridgehead atoms. The summed E-state index contributed by atoms with van der Waals surface area (Å²) in [4.78, 5) is 10.6. The number of likely N-dealkylation sites (tertiary alicyclic amines) is 1. The molecule has 1 atom stereocenters. The van der Waals surface area contributed by atoms with Crippen molar-refractivity contribution in [3.63, 3.8) is 0 Å². The first-order valence-electron chi connectivity index (χ1n) is 7.45. The van der Waals surface area contributed by atoms with Gasteiger partial charge in [0.25, 0.3) is 0 Å². The van der Waals surface area contributed by atoms with Gasteiger partial charge in [0.05, 0.1) is 0 Å². The smallest absolute Gasteiger partial charge is 0.319 e. The Labute approximate surface area is 147 Å². The molecule has 1 aromatic rings. The second kappa shape index (κ2) is 9.26. The van der Waals surface area contributed by atoms with Gasteiger partial charge < -0.3 is 10.2 Å². The van der Waals surface area contributed by atoms with E-state index in [4.69, 9.17) is 0 Å². The van der Waals surface area contributed by atoms with E-state index in [1.807, 2.05) is 6.92 Å². The summed E-state index contributed by atoms with van der Waals surface area (Å²) in [7, 11) is 0. The van der Waals surface area contributed by atoms with E-state index in [9.17, 15) is 8.78 Å². The largest absolute Gasteiger partial charge is 0.357 e. The van der Waals surface area contributed by atoms with Crippen LogP contribution in [0.1, 0.15) is 39.1 Å². The van der Waals surface area contributed by atoms with Gasteiger partial charge in [-0.05, 0) is 25.7 Å². The van der Waals surface area contributed by atoms with E-state index in [1.54, 1.807) is 0 Å². The number of alkyl halides is 2. The third-order valence-electron chi connectivity index (χ3n) is 3.62. The highest BCUT2D eigenvalue weighted by atomic mass is 127. The van der Waals surface area contributed by atoms with Crippen LogP contribution < -0.4 is 5.32 Å². The molecule has 2 rings (SSSR count). The molecule has 0 aromatic carbocycles. The summed E-state index contributed by atoms with van der Waals surface area (Å²) in [6.07, 6.45) is 5.03. The second-order valence-corrected chi connectivity index (χ2v) is 5.39. The summed E-state index contributed by atoms with van der Waals surface area (Å²) in [6.45, 7) is 4.48. The van der Waals surface area contributed by atoms with Crippen LogP contribution in [0.15, 0.2) is 17.4 Å². The van der Waals surface area contributed by atoms with Gasteiger partial charge in [0, 0.05) is 32.0 Å². The summed E-state index contributed by atoms with van der Waals surface area (Å²) in [6, 6.07) is 0. The summed E-state index contributed by atoms with van der Waals surface area (Å²) in [5.41, 5.74) is 0. The molecule has 2 heterocycles. The lowest BCUT2D eigenvalue weighted by molar-refractivity contribution is 0.0671. The number of hydrogen-bond donors (Lipinski definition) is 1. The standard InChI is InChI=1S/C14H23F2N5.HI/c1-3-17-14(20-7-4-5-11(2)10-20)19-9-12-18-6-8-21(12)13(15)16;/h6,8,11,13H,3-5,7,9-10H2,1-2H3,(H,17,19);1H. The van der Waals surface area contributed by atoms with E-state index in [1.165, 1.54) is 18.8 Å². The molecule has 1 aromatic heterocycles. The number of nitrogens with zero attached hydrogens (tertiary/aromatic N) is 4. The van der Waals surface area contributed by atoms with Crippen LogP contribution in [0.3, 0.4) is 0 Å².